The lowest BCUT2D eigenvalue weighted by atomic mass is 10.0. The van der Waals surface area contributed by atoms with E-state index in [2.05, 4.69) is 32.7 Å². The molecule has 0 saturated heterocycles. The number of aliphatic hydroxyl groups excluding tert-OH is 1. The first-order valence-corrected chi connectivity index (χ1v) is 11.5. The largest absolute Gasteiger partial charge is 0.395 e. The Bertz CT molecular complexity index is 1390. The number of hydrogen-bond acceptors (Lipinski definition) is 8. The maximum Gasteiger partial charge on any atom is 0.278 e. The first kappa shape index (κ1) is 22.1. The van der Waals surface area contributed by atoms with E-state index in [1.165, 1.54) is 11.1 Å². The standard InChI is InChI=1S/C24H28N8O2/c1-3-31-23(34)20-15-27-24(28-18-5-4-17-14-25-8-6-16(17)12-18)29-22(20)32(31)19-7-9-26-21(13-19)30(2)10-11-33/h4-5,7,9,12-13,15,25,33H,3,6,8,10-11,14H2,1-2H3,(H,27,28,29). The molecule has 0 spiro atoms. The second-order valence-corrected chi connectivity index (χ2v) is 8.32. The fraction of sp³-hybridized carbons (Fsp3) is 0.333. The van der Waals surface area contributed by atoms with Crippen LogP contribution < -0.4 is 21.1 Å². The van der Waals surface area contributed by atoms with Crippen LogP contribution in [0.5, 0.6) is 0 Å². The van der Waals surface area contributed by atoms with Gasteiger partial charge in [0, 0.05) is 50.8 Å². The lowest BCUT2D eigenvalue weighted by molar-refractivity contribution is 0.304. The molecule has 3 aromatic heterocycles. The van der Waals surface area contributed by atoms with Crippen LogP contribution in [0.3, 0.4) is 0 Å². The molecule has 5 rings (SSSR count). The molecular weight excluding hydrogens is 432 g/mol. The highest BCUT2D eigenvalue weighted by atomic mass is 16.3. The molecule has 34 heavy (non-hydrogen) atoms. The van der Waals surface area contributed by atoms with Gasteiger partial charge >= 0.3 is 0 Å². The summed E-state index contributed by atoms with van der Waals surface area (Å²) in [5.41, 5.74) is 4.67. The van der Waals surface area contributed by atoms with E-state index in [1.54, 1.807) is 21.8 Å². The summed E-state index contributed by atoms with van der Waals surface area (Å²) in [5, 5.41) is 16.4. The van der Waals surface area contributed by atoms with Crippen molar-refractivity contribution in [3.63, 3.8) is 0 Å². The summed E-state index contributed by atoms with van der Waals surface area (Å²) in [6.45, 7) is 4.73. The Hall–Kier alpha value is -3.76. The summed E-state index contributed by atoms with van der Waals surface area (Å²) in [6.07, 6.45) is 4.26. The molecule has 0 atom stereocenters. The van der Waals surface area contributed by atoms with E-state index in [0.29, 0.717) is 35.9 Å². The molecule has 0 saturated carbocycles. The summed E-state index contributed by atoms with van der Waals surface area (Å²) in [5.74, 6) is 1.12. The quantitative estimate of drug-likeness (QED) is 0.383. The van der Waals surface area contributed by atoms with Gasteiger partial charge in [-0.2, -0.15) is 4.98 Å². The van der Waals surface area contributed by atoms with Crippen LogP contribution in [0.15, 0.2) is 47.5 Å². The zero-order valence-electron chi connectivity index (χ0n) is 19.3. The number of rotatable bonds is 7. The zero-order chi connectivity index (χ0) is 23.7. The van der Waals surface area contributed by atoms with Gasteiger partial charge in [0.05, 0.1) is 12.3 Å². The van der Waals surface area contributed by atoms with Crippen LogP contribution >= 0.6 is 0 Å². The van der Waals surface area contributed by atoms with Crippen LogP contribution in [0, 0.1) is 0 Å². The van der Waals surface area contributed by atoms with Crippen molar-refractivity contribution in [3.8, 4) is 5.69 Å². The second-order valence-electron chi connectivity index (χ2n) is 8.32. The normalized spacial score (nSPS) is 13.1. The van der Waals surface area contributed by atoms with Crippen LogP contribution in [0.4, 0.5) is 17.5 Å². The topological polar surface area (TPSA) is 113 Å². The summed E-state index contributed by atoms with van der Waals surface area (Å²) in [4.78, 5) is 28.5. The number of fused-ring (bicyclic) bond motifs is 2. The minimum Gasteiger partial charge on any atom is -0.395 e. The number of aromatic nitrogens is 5. The third-order valence-electron chi connectivity index (χ3n) is 6.12. The molecule has 1 aromatic carbocycles. The Kier molecular flexibility index (Phi) is 5.99. The molecule has 1 aliphatic rings. The maximum atomic E-state index is 13.1. The van der Waals surface area contributed by atoms with Crippen molar-refractivity contribution in [3.05, 3.63) is 64.2 Å². The van der Waals surface area contributed by atoms with Crippen molar-refractivity contribution < 1.29 is 5.11 Å². The van der Waals surface area contributed by atoms with E-state index in [0.717, 1.165) is 30.9 Å². The predicted molar refractivity (Wildman–Crippen MR) is 132 cm³/mol. The third-order valence-corrected chi connectivity index (χ3v) is 6.12. The third kappa shape index (κ3) is 4.02. The molecule has 0 fully saturated rings. The molecular formula is C24H28N8O2. The van der Waals surface area contributed by atoms with Crippen LogP contribution in [0.25, 0.3) is 16.7 Å². The van der Waals surface area contributed by atoms with Gasteiger partial charge in [-0.3, -0.25) is 4.79 Å². The first-order valence-electron chi connectivity index (χ1n) is 11.5. The van der Waals surface area contributed by atoms with Crippen molar-refractivity contribution in [1.82, 2.24) is 29.6 Å². The number of aliphatic hydroxyl groups is 1. The minimum atomic E-state index is -0.146. The molecule has 10 heteroatoms. The number of likely N-dealkylation sites (N-methyl/N-ethyl adjacent to an activating group) is 1. The number of hydrogen-bond donors (Lipinski definition) is 3. The van der Waals surface area contributed by atoms with E-state index < -0.39 is 0 Å². The van der Waals surface area contributed by atoms with Gasteiger partial charge in [0.25, 0.3) is 5.56 Å². The lowest BCUT2D eigenvalue weighted by Gasteiger charge is -2.18. The number of anilines is 3. The van der Waals surface area contributed by atoms with Gasteiger partial charge in [-0.05, 0) is 49.2 Å². The first-order chi connectivity index (χ1) is 16.6. The molecule has 176 valence electrons. The van der Waals surface area contributed by atoms with Gasteiger partial charge in [-0.25, -0.2) is 19.3 Å². The molecule has 1 aliphatic heterocycles. The summed E-state index contributed by atoms with van der Waals surface area (Å²) < 4.78 is 3.45. The van der Waals surface area contributed by atoms with Crippen molar-refractivity contribution in [1.29, 1.82) is 0 Å². The highest BCUT2D eigenvalue weighted by Gasteiger charge is 2.18. The zero-order valence-corrected chi connectivity index (χ0v) is 19.3. The molecule has 10 nitrogen and oxygen atoms in total. The fourth-order valence-corrected chi connectivity index (χ4v) is 4.33. The number of nitrogens with zero attached hydrogens (tertiary/aromatic N) is 6. The number of pyridine rings is 1. The predicted octanol–water partition coefficient (Wildman–Crippen LogP) is 1.81. The van der Waals surface area contributed by atoms with Gasteiger partial charge in [0.15, 0.2) is 5.65 Å². The molecule has 0 radical (unpaired) electrons. The van der Waals surface area contributed by atoms with Gasteiger partial charge in [0.1, 0.15) is 11.2 Å². The Labute approximate surface area is 196 Å². The SMILES string of the molecule is CCn1c(=O)c2cnc(Nc3ccc4c(c3)CCNC4)nc2n1-c1ccnc(N(C)CCO)c1. The average Bonchev–Trinajstić information content (AvgIpc) is 3.15. The Balaban J connectivity index is 1.57. The highest BCUT2D eigenvalue weighted by molar-refractivity contribution is 5.77. The van der Waals surface area contributed by atoms with Gasteiger partial charge in [-0.1, -0.05) is 6.07 Å². The summed E-state index contributed by atoms with van der Waals surface area (Å²) in [6, 6.07) is 10.0. The minimum absolute atomic E-state index is 0.0238. The summed E-state index contributed by atoms with van der Waals surface area (Å²) >= 11 is 0. The highest BCUT2D eigenvalue weighted by Crippen LogP contribution is 2.23. The molecule has 0 bridgehead atoms. The smallest absolute Gasteiger partial charge is 0.278 e. The van der Waals surface area contributed by atoms with Crippen molar-refractivity contribution in [2.45, 2.75) is 26.4 Å². The molecule has 4 heterocycles. The van der Waals surface area contributed by atoms with E-state index in [1.807, 2.05) is 37.1 Å². The summed E-state index contributed by atoms with van der Waals surface area (Å²) in [7, 11) is 1.86. The van der Waals surface area contributed by atoms with Crippen LogP contribution in [-0.4, -0.2) is 56.2 Å². The van der Waals surface area contributed by atoms with Crippen LogP contribution in [0.2, 0.25) is 0 Å². The molecule has 0 amide bonds. The van der Waals surface area contributed by atoms with Crippen molar-refractivity contribution >= 4 is 28.5 Å². The van der Waals surface area contributed by atoms with Crippen LogP contribution in [0.1, 0.15) is 18.1 Å². The number of benzene rings is 1. The van der Waals surface area contributed by atoms with E-state index >= 15 is 0 Å². The van der Waals surface area contributed by atoms with Gasteiger partial charge < -0.3 is 20.6 Å². The monoisotopic (exact) mass is 460 g/mol. The second kappa shape index (κ2) is 9.24. The molecule has 4 aromatic rings. The van der Waals surface area contributed by atoms with Crippen molar-refractivity contribution in [2.24, 2.45) is 0 Å². The van der Waals surface area contributed by atoms with Gasteiger partial charge in [-0.15, -0.1) is 0 Å². The Morgan fingerprint density at radius 1 is 1.21 bits per heavy atom. The molecule has 0 unspecified atom stereocenters. The maximum absolute atomic E-state index is 13.1. The van der Waals surface area contributed by atoms with Gasteiger partial charge in [0.2, 0.25) is 5.95 Å². The fourth-order valence-electron chi connectivity index (χ4n) is 4.33. The average molecular weight is 461 g/mol. The van der Waals surface area contributed by atoms with E-state index in [4.69, 9.17) is 4.98 Å². The van der Waals surface area contributed by atoms with Crippen LogP contribution in [-0.2, 0) is 19.5 Å². The van der Waals surface area contributed by atoms with E-state index in [9.17, 15) is 9.90 Å². The lowest BCUT2D eigenvalue weighted by Crippen LogP contribution is -2.23. The molecule has 3 N–H and O–H groups in total. The molecule has 0 aliphatic carbocycles. The van der Waals surface area contributed by atoms with E-state index in [-0.39, 0.29) is 12.2 Å². The van der Waals surface area contributed by atoms with Crippen molar-refractivity contribution in [2.75, 3.05) is 37.0 Å². The Morgan fingerprint density at radius 3 is 2.91 bits per heavy atom. The number of nitrogens with one attached hydrogen (secondary N) is 2. The Morgan fingerprint density at radius 2 is 2.09 bits per heavy atom.